The van der Waals surface area contributed by atoms with Crippen LogP contribution in [0, 0.1) is 24.0 Å². The Labute approximate surface area is 124 Å². The fourth-order valence-corrected chi connectivity index (χ4v) is 2.47. The zero-order valence-electron chi connectivity index (χ0n) is 12.5. The number of piperazine rings is 1. The van der Waals surface area contributed by atoms with Crippen molar-refractivity contribution in [1.29, 1.82) is 0 Å². The van der Waals surface area contributed by atoms with Crippen molar-refractivity contribution >= 4 is 23.8 Å². The zero-order valence-corrected chi connectivity index (χ0v) is 12.5. The Morgan fingerprint density at radius 1 is 1.48 bits per heavy atom. The molecule has 7 heteroatoms. The first-order valence-electron chi connectivity index (χ1n) is 6.97. The Morgan fingerprint density at radius 3 is 2.71 bits per heavy atom. The van der Waals surface area contributed by atoms with Crippen LogP contribution in [-0.2, 0) is 0 Å². The summed E-state index contributed by atoms with van der Waals surface area (Å²) in [5, 5.41) is 17.8. The normalized spacial score (nSPS) is 15.7. The minimum Gasteiger partial charge on any atom is -0.370 e. The van der Waals surface area contributed by atoms with Crippen LogP contribution in [0.5, 0.6) is 0 Å². The van der Waals surface area contributed by atoms with Gasteiger partial charge >= 0.3 is 0 Å². The number of nitro benzene ring substituents is 1. The van der Waals surface area contributed by atoms with Crippen LogP contribution in [0.3, 0.4) is 0 Å². The number of anilines is 1. The third-order valence-corrected chi connectivity index (χ3v) is 3.83. The minimum atomic E-state index is -0.387. The van der Waals surface area contributed by atoms with Crippen LogP contribution in [0.15, 0.2) is 11.1 Å². The molecule has 7 nitrogen and oxygen atoms in total. The van der Waals surface area contributed by atoms with Gasteiger partial charge in [-0.2, -0.15) is 0 Å². The van der Waals surface area contributed by atoms with Gasteiger partial charge in [0.25, 0.3) is 5.69 Å². The van der Waals surface area contributed by atoms with Crippen molar-refractivity contribution in [3.8, 4) is 0 Å². The zero-order chi connectivity index (χ0) is 15.4. The Morgan fingerprint density at radius 2 is 2.14 bits per heavy atom. The van der Waals surface area contributed by atoms with Gasteiger partial charge in [-0.15, -0.1) is 0 Å². The van der Waals surface area contributed by atoms with Crippen molar-refractivity contribution < 1.29 is 4.92 Å². The van der Waals surface area contributed by atoms with E-state index in [0.717, 1.165) is 31.7 Å². The molecule has 0 spiro atoms. The Balaban J connectivity index is 2.25. The number of aliphatic imine (C=N–C) groups is 1. The van der Waals surface area contributed by atoms with Crippen molar-refractivity contribution in [3.63, 3.8) is 0 Å². The summed E-state index contributed by atoms with van der Waals surface area (Å²) in [6, 6.07) is 1.90. The predicted octanol–water partition coefficient (Wildman–Crippen LogP) is 1.82. The van der Waals surface area contributed by atoms with Crippen LogP contribution in [0.4, 0.5) is 17.1 Å². The summed E-state index contributed by atoms with van der Waals surface area (Å²) in [6.07, 6.45) is 0. The number of benzene rings is 1. The summed E-state index contributed by atoms with van der Waals surface area (Å²) in [4.78, 5) is 17.0. The molecule has 114 valence electrons. The Bertz CT molecular complexity index is 553. The Kier molecular flexibility index (Phi) is 4.87. The molecule has 2 rings (SSSR count). The fourth-order valence-electron chi connectivity index (χ4n) is 2.47. The maximum atomic E-state index is 11.3. The molecule has 0 aromatic heterocycles. The number of nitrogens with one attached hydrogen (secondary N) is 2. The molecule has 1 fully saturated rings. The molecule has 1 aromatic rings. The molecule has 1 heterocycles. The summed E-state index contributed by atoms with van der Waals surface area (Å²) in [5.41, 5.74) is 2.52. The van der Waals surface area contributed by atoms with Gasteiger partial charge in [0.2, 0.25) is 0 Å². The molecule has 0 unspecified atom stereocenters. The molecule has 21 heavy (non-hydrogen) atoms. The molecular formula is C14H21N5O2. The standard InChI is InChI=1S/C14H21N5O2/c1-10-8-12(17-9-18-6-4-16-5-7-18)13(15-3)14(11(10)2)19(20)21/h8,16-17H,3-7,9H2,1-2H3. The van der Waals surface area contributed by atoms with E-state index in [1.54, 1.807) is 6.92 Å². The highest BCUT2D eigenvalue weighted by molar-refractivity contribution is 5.80. The lowest BCUT2D eigenvalue weighted by Gasteiger charge is -2.28. The van der Waals surface area contributed by atoms with Crippen LogP contribution >= 0.6 is 0 Å². The average molecular weight is 291 g/mol. The summed E-state index contributed by atoms with van der Waals surface area (Å²) < 4.78 is 0. The van der Waals surface area contributed by atoms with Crippen LogP contribution in [0.1, 0.15) is 11.1 Å². The summed E-state index contributed by atoms with van der Waals surface area (Å²) in [7, 11) is 0. The molecule has 0 saturated carbocycles. The van der Waals surface area contributed by atoms with E-state index >= 15 is 0 Å². The number of rotatable bonds is 5. The molecule has 0 aliphatic carbocycles. The maximum Gasteiger partial charge on any atom is 0.300 e. The molecule has 0 amide bonds. The summed E-state index contributed by atoms with van der Waals surface area (Å²) in [6.45, 7) is 11.6. The van der Waals surface area contributed by atoms with Gasteiger partial charge in [-0.1, -0.05) is 0 Å². The highest BCUT2D eigenvalue weighted by atomic mass is 16.6. The van der Waals surface area contributed by atoms with Crippen molar-refractivity contribution in [1.82, 2.24) is 10.2 Å². The molecule has 1 aliphatic heterocycles. The number of nitro groups is 1. The van der Waals surface area contributed by atoms with Gasteiger partial charge in [-0.05, 0) is 32.2 Å². The smallest absolute Gasteiger partial charge is 0.300 e. The minimum absolute atomic E-state index is 0.0350. The van der Waals surface area contributed by atoms with Crippen LogP contribution < -0.4 is 10.6 Å². The molecule has 0 radical (unpaired) electrons. The van der Waals surface area contributed by atoms with E-state index in [1.165, 1.54) is 0 Å². The van der Waals surface area contributed by atoms with Crippen LogP contribution in [-0.4, -0.2) is 49.4 Å². The first kappa shape index (κ1) is 15.4. The second-order valence-electron chi connectivity index (χ2n) is 5.18. The van der Waals surface area contributed by atoms with Gasteiger partial charge in [0.05, 0.1) is 17.3 Å². The first-order chi connectivity index (χ1) is 10.0. The van der Waals surface area contributed by atoms with E-state index in [-0.39, 0.29) is 10.6 Å². The number of hydrogen-bond donors (Lipinski definition) is 2. The van der Waals surface area contributed by atoms with E-state index in [2.05, 4.69) is 27.2 Å². The van der Waals surface area contributed by atoms with Crippen LogP contribution in [0.25, 0.3) is 0 Å². The van der Waals surface area contributed by atoms with Gasteiger partial charge in [-0.3, -0.25) is 20.0 Å². The number of hydrogen-bond acceptors (Lipinski definition) is 6. The van der Waals surface area contributed by atoms with Gasteiger partial charge in [-0.25, -0.2) is 0 Å². The van der Waals surface area contributed by atoms with Crippen molar-refractivity contribution in [2.45, 2.75) is 13.8 Å². The fraction of sp³-hybridized carbons (Fsp3) is 0.500. The van der Waals surface area contributed by atoms with E-state index in [1.807, 2.05) is 13.0 Å². The van der Waals surface area contributed by atoms with Crippen molar-refractivity contribution in [2.75, 3.05) is 38.2 Å². The third kappa shape index (κ3) is 3.37. The highest BCUT2D eigenvalue weighted by Crippen LogP contribution is 2.39. The van der Waals surface area contributed by atoms with Gasteiger partial charge in [0.15, 0.2) is 5.69 Å². The van der Waals surface area contributed by atoms with Crippen molar-refractivity contribution in [2.24, 2.45) is 4.99 Å². The quantitative estimate of drug-likeness (QED) is 0.491. The average Bonchev–Trinajstić information content (AvgIpc) is 2.48. The highest BCUT2D eigenvalue weighted by Gasteiger charge is 2.22. The Hall–Kier alpha value is -1.99. The third-order valence-electron chi connectivity index (χ3n) is 3.83. The lowest BCUT2D eigenvalue weighted by molar-refractivity contribution is -0.384. The van der Waals surface area contributed by atoms with E-state index in [9.17, 15) is 10.1 Å². The largest absolute Gasteiger partial charge is 0.370 e. The monoisotopic (exact) mass is 291 g/mol. The van der Waals surface area contributed by atoms with Crippen molar-refractivity contribution in [3.05, 3.63) is 27.3 Å². The topological polar surface area (TPSA) is 82.8 Å². The van der Waals surface area contributed by atoms with E-state index < -0.39 is 0 Å². The molecule has 1 saturated heterocycles. The van der Waals surface area contributed by atoms with E-state index in [0.29, 0.717) is 23.6 Å². The van der Waals surface area contributed by atoms with Gasteiger partial charge in [0, 0.05) is 31.7 Å². The van der Waals surface area contributed by atoms with Gasteiger partial charge in [0.1, 0.15) is 0 Å². The van der Waals surface area contributed by atoms with Crippen LogP contribution in [0.2, 0.25) is 0 Å². The van der Waals surface area contributed by atoms with E-state index in [4.69, 9.17) is 0 Å². The molecule has 0 bridgehead atoms. The summed E-state index contributed by atoms with van der Waals surface area (Å²) >= 11 is 0. The molecule has 2 N–H and O–H groups in total. The number of aryl methyl sites for hydroxylation is 1. The SMILES string of the molecule is C=Nc1c(NCN2CCNCC2)cc(C)c(C)c1[N+](=O)[O-]. The molecular weight excluding hydrogens is 270 g/mol. The molecule has 1 aliphatic rings. The lowest BCUT2D eigenvalue weighted by atomic mass is 10.0. The summed E-state index contributed by atoms with van der Waals surface area (Å²) in [5.74, 6) is 0. The lowest BCUT2D eigenvalue weighted by Crippen LogP contribution is -2.45. The second kappa shape index (κ2) is 6.64. The predicted molar refractivity (Wildman–Crippen MR) is 84.7 cm³/mol. The molecule has 0 atom stereocenters. The van der Waals surface area contributed by atoms with Gasteiger partial charge < -0.3 is 10.6 Å². The number of nitrogens with zero attached hydrogens (tertiary/aromatic N) is 3. The molecule has 1 aromatic carbocycles. The second-order valence-corrected chi connectivity index (χ2v) is 5.18. The maximum absolute atomic E-state index is 11.3. The first-order valence-corrected chi connectivity index (χ1v) is 6.97.